The number of hydrogen-bond donors (Lipinski definition) is 1. The monoisotopic (exact) mass is 162 g/mol. The SMILES string of the molecule is CC(O)[C@@H]1C[C@@H]1c1ccccc1. The zero-order chi connectivity index (χ0) is 8.55. The third-order valence-electron chi connectivity index (χ3n) is 2.69. The Morgan fingerprint density at radius 3 is 2.50 bits per heavy atom. The van der Waals surface area contributed by atoms with E-state index in [4.69, 9.17) is 0 Å². The van der Waals surface area contributed by atoms with Crippen LogP contribution >= 0.6 is 0 Å². The topological polar surface area (TPSA) is 20.2 Å². The van der Waals surface area contributed by atoms with Crippen molar-refractivity contribution in [2.45, 2.75) is 25.4 Å². The van der Waals surface area contributed by atoms with Crippen LogP contribution in [0.3, 0.4) is 0 Å². The first-order chi connectivity index (χ1) is 5.79. The molecule has 0 aromatic heterocycles. The van der Waals surface area contributed by atoms with Crippen molar-refractivity contribution in [3.63, 3.8) is 0 Å². The Morgan fingerprint density at radius 1 is 1.33 bits per heavy atom. The molecule has 3 atom stereocenters. The second-order valence-corrected chi connectivity index (χ2v) is 3.66. The summed E-state index contributed by atoms with van der Waals surface area (Å²) in [7, 11) is 0. The van der Waals surface area contributed by atoms with Crippen molar-refractivity contribution >= 4 is 0 Å². The van der Waals surface area contributed by atoms with E-state index in [1.807, 2.05) is 13.0 Å². The highest BCUT2D eigenvalue weighted by atomic mass is 16.3. The highest BCUT2D eigenvalue weighted by Gasteiger charge is 2.41. The van der Waals surface area contributed by atoms with Crippen LogP contribution in [0.2, 0.25) is 0 Å². The van der Waals surface area contributed by atoms with E-state index in [-0.39, 0.29) is 6.10 Å². The molecular formula is C11H14O. The van der Waals surface area contributed by atoms with Crippen LogP contribution in [-0.4, -0.2) is 11.2 Å². The van der Waals surface area contributed by atoms with Gasteiger partial charge in [-0.1, -0.05) is 30.3 Å². The summed E-state index contributed by atoms with van der Waals surface area (Å²) in [4.78, 5) is 0. The van der Waals surface area contributed by atoms with E-state index in [1.165, 1.54) is 5.56 Å². The van der Waals surface area contributed by atoms with E-state index < -0.39 is 0 Å². The normalized spacial score (nSPS) is 29.8. The van der Waals surface area contributed by atoms with Gasteiger partial charge in [-0.05, 0) is 30.7 Å². The molecule has 64 valence electrons. The van der Waals surface area contributed by atoms with Gasteiger partial charge in [-0.15, -0.1) is 0 Å². The van der Waals surface area contributed by atoms with Crippen molar-refractivity contribution in [1.82, 2.24) is 0 Å². The Bertz CT molecular complexity index is 253. The lowest BCUT2D eigenvalue weighted by atomic mass is 10.1. The smallest absolute Gasteiger partial charge is 0.0546 e. The van der Waals surface area contributed by atoms with E-state index in [1.54, 1.807) is 0 Å². The number of aliphatic hydroxyl groups is 1. The Labute approximate surface area is 73.0 Å². The van der Waals surface area contributed by atoms with Gasteiger partial charge in [-0.25, -0.2) is 0 Å². The molecule has 1 heteroatoms. The molecular weight excluding hydrogens is 148 g/mol. The third kappa shape index (κ3) is 1.37. The molecule has 0 saturated heterocycles. The van der Waals surface area contributed by atoms with Crippen molar-refractivity contribution in [3.8, 4) is 0 Å². The average molecular weight is 162 g/mol. The predicted molar refractivity (Wildman–Crippen MR) is 49.0 cm³/mol. The van der Waals surface area contributed by atoms with Gasteiger partial charge in [0.1, 0.15) is 0 Å². The second-order valence-electron chi connectivity index (χ2n) is 3.66. The fourth-order valence-corrected chi connectivity index (χ4v) is 1.83. The zero-order valence-corrected chi connectivity index (χ0v) is 7.27. The van der Waals surface area contributed by atoms with E-state index in [2.05, 4.69) is 24.3 Å². The van der Waals surface area contributed by atoms with Crippen LogP contribution in [0.5, 0.6) is 0 Å². The molecule has 1 fully saturated rings. The first kappa shape index (κ1) is 7.81. The largest absolute Gasteiger partial charge is 0.393 e. The Hall–Kier alpha value is -0.820. The summed E-state index contributed by atoms with van der Waals surface area (Å²) < 4.78 is 0. The van der Waals surface area contributed by atoms with Gasteiger partial charge in [-0.2, -0.15) is 0 Å². The second kappa shape index (κ2) is 2.91. The van der Waals surface area contributed by atoms with Gasteiger partial charge in [-0.3, -0.25) is 0 Å². The lowest BCUT2D eigenvalue weighted by molar-refractivity contribution is 0.169. The predicted octanol–water partition coefficient (Wildman–Crippen LogP) is 2.17. The van der Waals surface area contributed by atoms with Gasteiger partial charge >= 0.3 is 0 Å². The molecule has 0 spiro atoms. The quantitative estimate of drug-likeness (QED) is 0.706. The van der Waals surface area contributed by atoms with Crippen molar-refractivity contribution in [2.75, 3.05) is 0 Å². The molecule has 0 amide bonds. The zero-order valence-electron chi connectivity index (χ0n) is 7.27. The molecule has 12 heavy (non-hydrogen) atoms. The molecule has 1 aromatic rings. The van der Waals surface area contributed by atoms with Crippen LogP contribution in [0, 0.1) is 5.92 Å². The van der Waals surface area contributed by atoms with Gasteiger partial charge in [0.15, 0.2) is 0 Å². The molecule has 1 unspecified atom stereocenters. The minimum absolute atomic E-state index is 0.143. The summed E-state index contributed by atoms with van der Waals surface area (Å²) in [5.41, 5.74) is 1.38. The summed E-state index contributed by atoms with van der Waals surface area (Å²) in [6.07, 6.45) is 1.01. The highest BCUT2D eigenvalue weighted by Crippen LogP contribution is 2.49. The van der Waals surface area contributed by atoms with Gasteiger partial charge in [0.2, 0.25) is 0 Å². The van der Waals surface area contributed by atoms with Gasteiger partial charge in [0.25, 0.3) is 0 Å². The summed E-state index contributed by atoms with van der Waals surface area (Å²) in [5.74, 6) is 1.12. The van der Waals surface area contributed by atoms with Gasteiger partial charge in [0.05, 0.1) is 6.10 Å². The molecule has 1 nitrogen and oxygen atoms in total. The lowest BCUT2D eigenvalue weighted by Gasteiger charge is -2.02. The van der Waals surface area contributed by atoms with Crippen molar-refractivity contribution < 1.29 is 5.11 Å². The summed E-state index contributed by atoms with van der Waals surface area (Å²) in [5, 5.41) is 9.32. The summed E-state index contributed by atoms with van der Waals surface area (Å²) in [6.45, 7) is 1.88. The van der Waals surface area contributed by atoms with Crippen LogP contribution in [0.25, 0.3) is 0 Å². The fourth-order valence-electron chi connectivity index (χ4n) is 1.83. The molecule has 2 rings (SSSR count). The van der Waals surface area contributed by atoms with Crippen LogP contribution in [-0.2, 0) is 0 Å². The van der Waals surface area contributed by atoms with Crippen LogP contribution in [0.15, 0.2) is 30.3 Å². The molecule has 1 aromatic carbocycles. The molecule has 0 bridgehead atoms. The van der Waals surface area contributed by atoms with E-state index in [0.29, 0.717) is 11.8 Å². The Morgan fingerprint density at radius 2 is 2.00 bits per heavy atom. The summed E-state index contributed by atoms with van der Waals surface area (Å²) in [6, 6.07) is 10.4. The standard InChI is InChI=1S/C11H14O/c1-8(12)10-7-11(10)9-5-3-2-4-6-9/h2-6,8,10-12H,7H2,1H3/t8?,10-,11+/m0/s1. The van der Waals surface area contributed by atoms with Crippen LogP contribution < -0.4 is 0 Å². The first-order valence-electron chi connectivity index (χ1n) is 4.52. The number of rotatable bonds is 2. The molecule has 1 N–H and O–H groups in total. The van der Waals surface area contributed by atoms with Gasteiger partial charge < -0.3 is 5.11 Å². The van der Waals surface area contributed by atoms with Crippen LogP contribution in [0.1, 0.15) is 24.8 Å². The number of aliphatic hydroxyl groups excluding tert-OH is 1. The van der Waals surface area contributed by atoms with Crippen molar-refractivity contribution in [1.29, 1.82) is 0 Å². The summed E-state index contributed by atoms with van der Waals surface area (Å²) >= 11 is 0. The lowest BCUT2D eigenvalue weighted by Crippen LogP contribution is -2.03. The Balaban J connectivity index is 2.06. The van der Waals surface area contributed by atoms with Gasteiger partial charge in [0, 0.05) is 0 Å². The molecule has 1 saturated carbocycles. The highest BCUT2D eigenvalue weighted by molar-refractivity contribution is 5.25. The number of hydrogen-bond acceptors (Lipinski definition) is 1. The molecule has 0 aliphatic heterocycles. The minimum Gasteiger partial charge on any atom is -0.393 e. The Kier molecular flexibility index (Phi) is 1.89. The van der Waals surface area contributed by atoms with E-state index >= 15 is 0 Å². The fraction of sp³-hybridized carbons (Fsp3) is 0.455. The van der Waals surface area contributed by atoms with Crippen LogP contribution in [0.4, 0.5) is 0 Å². The minimum atomic E-state index is -0.143. The molecule has 0 radical (unpaired) electrons. The maximum Gasteiger partial charge on any atom is 0.0546 e. The van der Waals surface area contributed by atoms with E-state index in [0.717, 1.165) is 6.42 Å². The first-order valence-corrected chi connectivity index (χ1v) is 4.52. The van der Waals surface area contributed by atoms with Crippen molar-refractivity contribution in [2.24, 2.45) is 5.92 Å². The molecule has 1 aliphatic rings. The number of benzene rings is 1. The third-order valence-corrected chi connectivity index (χ3v) is 2.69. The maximum atomic E-state index is 9.32. The maximum absolute atomic E-state index is 9.32. The van der Waals surface area contributed by atoms with Crippen molar-refractivity contribution in [3.05, 3.63) is 35.9 Å². The average Bonchev–Trinajstić information content (AvgIpc) is 2.84. The molecule has 0 heterocycles. The molecule has 1 aliphatic carbocycles. The van der Waals surface area contributed by atoms with E-state index in [9.17, 15) is 5.11 Å².